The van der Waals surface area contributed by atoms with E-state index in [4.69, 9.17) is 4.74 Å². The molecule has 1 aromatic carbocycles. The quantitative estimate of drug-likeness (QED) is 0.811. The summed E-state index contributed by atoms with van der Waals surface area (Å²) in [6, 6.07) is 9.99. The van der Waals surface area contributed by atoms with E-state index < -0.39 is 0 Å². The second-order valence-electron chi connectivity index (χ2n) is 5.57. The molecule has 0 N–H and O–H groups in total. The Morgan fingerprint density at radius 3 is 2.83 bits per heavy atom. The number of allylic oxidation sites excluding steroid dienone is 1. The van der Waals surface area contributed by atoms with Crippen molar-refractivity contribution in [1.29, 1.82) is 5.26 Å². The Labute approximate surface area is 136 Å². The van der Waals surface area contributed by atoms with Crippen LogP contribution in [-0.2, 0) is 13.0 Å². The van der Waals surface area contributed by atoms with Crippen molar-refractivity contribution in [1.82, 2.24) is 14.8 Å². The molecule has 3 rings (SSSR count). The van der Waals surface area contributed by atoms with E-state index in [1.807, 2.05) is 37.3 Å². The minimum Gasteiger partial charge on any atom is -0.494 e. The molecule has 2 heterocycles. The summed E-state index contributed by atoms with van der Waals surface area (Å²) in [6.45, 7) is 3.49. The van der Waals surface area contributed by atoms with Crippen molar-refractivity contribution < 1.29 is 4.74 Å². The molecular formula is C18H20N4O. The summed E-state index contributed by atoms with van der Waals surface area (Å²) < 4.78 is 7.53. The molecule has 5 heteroatoms. The highest BCUT2D eigenvalue weighted by atomic mass is 16.5. The van der Waals surface area contributed by atoms with Crippen molar-refractivity contribution in [3.8, 4) is 11.8 Å². The molecule has 0 spiro atoms. The third-order valence-electron chi connectivity index (χ3n) is 3.97. The van der Waals surface area contributed by atoms with E-state index in [0.717, 1.165) is 42.9 Å². The van der Waals surface area contributed by atoms with E-state index in [0.29, 0.717) is 18.0 Å². The Hall–Kier alpha value is -2.61. The molecule has 1 aliphatic heterocycles. The molecule has 2 aromatic rings. The zero-order chi connectivity index (χ0) is 16.1. The summed E-state index contributed by atoms with van der Waals surface area (Å²) in [5, 5.41) is 18.1. The van der Waals surface area contributed by atoms with Crippen LogP contribution in [0.2, 0.25) is 0 Å². The van der Waals surface area contributed by atoms with Gasteiger partial charge in [-0.05, 0) is 43.5 Å². The molecule has 0 fully saturated rings. The highest BCUT2D eigenvalue weighted by Gasteiger charge is 2.17. The minimum absolute atomic E-state index is 0.551. The first-order valence-electron chi connectivity index (χ1n) is 8.09. The van der Waals surface area contributed by atoms with Crippen molar-refractivity contribution in [3.63, 3.8) is 0 Å². The number of nitrogens with zero attached hydrogens (tertiary/aromatic N) is 4. The maximum Gasteiger partial charge on any atom is 0.174 e. The number of nitriles is 1. The highest BCUT2D eigenvalue weighted by molar-refractivity contribution is 5.87. The van der Waals surface area contributed by atoms with E-state index in [9.17, 15) is 5.26 Å². The minimum atomic E-state index is 0.551. The molecule has 23 heavy (non-hydrogen) atoms. The van der Waals surface area contributed by atoms with Gasteiger partial charge in [-0.1, -0.05) is 18.6 Å². The van der Waals surface area contributed by atoms with Crippen LogP contribution in [0.1, 0.15) is 43.4 Å². The van der Waals surface area contributed by atoms with Crippen LogP contribution >= 0.6 is 0 Å². The summed E-state index contributed by atoms with van der Waals surface area (Å²) in [6.07, 6.45) is 6.25. The van der Waals surface area contributed by atoms with Gasteiger partial charge < -0.3 is 9.30 Å². The average molecular weight is 308 g/mol. The van der Waals surface area contributed by atoms with Gasteiger partial charge in [-0.25, -0.2) is 0 Å². The first-order chi connectivity index (χ1) is 11.3. The lowest BCUT2D eigenvalue weighted by molar-refractivity contribution is 0.340. The van der Waals surface area contributed by atoms with Gasteiger partial charge in [0.15, 0.2) is 5.82 Å². The third-order valence-corrected chi connectivity index (χ3v) is 3.97. The molecule has 0 amide bonds. The lowest BCUT2D eigenvalue weighted by atomic mass is 10.1. The van der Waals surface area contributed by atoms with Gasteiger partial charge in [-0.3, -0.25) is 0 Å². The second kappa shape index (κ2) is 7.10. The lowest BCUT2D eigenvalue weighted by Gasteiger charge is -2.06. The van der Waals surface area contributed by atoms with Gasteiger partial charge in [-0.15, -0.1) is 10.2 Å². The van der Waals surface area contributed by atoms with E-state index >= 15 is 0 Å². The van der Waals surface area contributed by atoms with Gasteiger partial charge in [0.25, 0.3) is 0 Å². The maximum atomic E-state index is 9.55. The highest BCUT2D eigenvalue weighted by Crippen LogP contribution is 2.22. The molecule has 0 saturated heterocycles. The zero-order valence-corrected chi connectivity index (χ0v) is 13.3. The van der Waals surface area contributed by atoms with Crippen LogP contribution < -0.4 is 4.74 Å². The fourth-order valence-electron chi connectivity index (χ4n) is 2.82. The topological polar surface area (TPSA) is 63.7 Å². The Bertz CT molecular complexity index is 737. The number of rotatable bonds is 4. The van der Waals surface area contributed by atoms with Gasteiger partial charge in [-0.2, -0.15) is 5.26 Å². The Balaban J connectivity index is 1.90. The van der Waals surface area contributed by atoms with Crippen molar-refractivity contribution in [2.24, 2.45) is 0 Å². The standard InChI is InChI=1S/C18H20N4O/c1-2-23-16-9-7-14(8-10-16)12-15(13-19)18-21-20-17-6-4-3-5-11-22(17)18/h7-10,12H,2-6,11H2,1H3/b15-12+. The van der Waals surface area contributed by atoms with Gasteiger partial charge in [0, 0.05) is 13.0 Å². The first kappa shape index (κ1) is 15.3. The molecule has 0 saturated carbocycles. The second-order valence-corrected chi connectivity index (χ2v) is 5.57. The smallest absolute Gasteiger partial charge is 0.174 e. The van der Waals surface area contributed by atoms with Gasteiger partial charge >= 0.3 is 0 Å². The largest absolute Gasteiger partial charge is 0.494 e. The van der Waals surface area contributed by atoms with Gasteiger partial charge in [0.05, 0.1) is 12.2 Å². The van der Waals surface area contributed by atoms with Crippen LogP contribution in [0.5, 0.6) is 5.75 Å². The number of ether oxygens (including phenoxy) is 1. The summed E-state index contributed by atoms with van der Waals surface area (Å²) >= 11 is 0. The molecule has 118 valence electrons. The molecular weight excluding hydrogens is 288 g/mol. The molecule has 0 aliphatic carbocycles. The van der Waals surface area contributed by atoms with E-state index in [2.05, 4.69) is 20.8 Å². The normalized spacial score (nSPS) is 14.7. The van der Waals surface area contributed by atoms with E-state index in [1.165, 1.54) is 6.42 Å². The number of benzene rings is 1. The molecule has 1 aromatic heterocycles. The fourth-order valence-corrected chi connectivity index (χ4v) is 2.82. The summed E-state index contributed by atoms with van der Waals surface area (Å²) in [7, 11) is 0. The Morgan fingerprint density at radius 2 is 2.09 bits per heavy atom. The monoisotopic (exact) mass is 308 g/mol. The van der Waals surface area contributed by atoms with Crippen molar-refractivity contribution in [2.45, 2.75) is 39.2 Å². The van der Waals surface area contributed by atoms with E-state index in [1.54, 1.807) is 0 Å². The zero-order valence-electron chi connectivity index (χ0n) is 13.3. The van der Waals surface area contributed by atoms with Crippen LogP contribution in [0, 0.1) is 11.3 Å². The molecule has 1 aliphatic rings. The molecule has 5 nitrogen and oxygen atoms in total. The number of fused-ring (bicyclic) bond motifs is 1. The maximum absolute atomic E-state index is 9.55. The van der Waals surface area contributed by atoms with Crippen molar-refractivity contribution >= 4 is 11.6 Å². The fraction of sp³-hybridized carbons (Fsp3) is 0.389. The summed E-state index contributed by atoms with van der Waals surface area (Å²) in [4.78, 5) is 0. The molecule has 0 bridgehead atoms. The third kappa shape index (κ3) is 3.42. The van der Waals surface area contributed by atoms with Crippen LogP contribution in [0.15, 0.2) is 24.3 Å². The first-order valence-corrected chi connectivity index (χ1v) is 8.09. The van der Waals surface area contributed by atoms with Crippen molar-refractivity contribution in [2.75, 3.05) is 6.61 Å². The Kier molecular flexibility index (Phi) is 4.72. The van der Waals surface area contributed by atoms with Gasteiger partial charge in [0.1, 0.15) is 17.6 Å². The summed E-state index contributed by atoms with van der Waals surface area (Å²) in [5.41, 5.74) is 1.51. The molecule has 0 unspecified atom stereocenters. The predicted molar refractivity (Wildman–Crippen MR) is 88.7 cm³/mol. The number of hydrogen-bond acceptors (Lipinski definition) is 4. The molecule has 0 atom stereocenters. The molecule has 0 radical (unpaired) electrons. The Morgan fingerprint density at radius 1 is 1.26 bits per heavy atom. The van der Waals surface area contributed by atoms with Gasteiger partial charge in [0.2, 0.25) is 0 Å². The predicted octanol–water partition coefficient (Wildman–Crippen LogP) is 3.47. The van der Waals surface area contributed by atoms with Crippen molar-refractivity contribution in [3.05, 3.63) is 41.5 Å². The number of aromatic nitrogens is 3. The van der Waals surface area contributed by atoms with Crippen LogP contribution in [0.25, 0.3) is 11.6 Å². The number of hydrogen-bond donors (Lipinski definition) is 0. The summed E-state index contributed by atoms with van der Waals surface area (Å²) in [5.74, 6) is 2.50. The SMILES string of the molecule is CCOc1ccc(/C=C(\C#N)c2nnc3n2CCCCC3)cc1. The average Bonchev–Trinajstić information content (AvgIpc) is 2.83. The van der Waals surface area contributed by atoms with Crippen LogP contribution in [0.4, 0.5) is 0 Å². The van der Waals surface area contributed by atoms with Crippen LogP contribution in [-0.4, -0.2) is 21.4 Å². The lowest BCUT2D eigenvalue weighted by Crippen LogP contribution is -2.05. The van der Waals surface area contributed by atoms with E-state index in [-0.39, 0.29) is 0 Å². The number of aryl methyl sites for hydroxylation is 1. The van der Waals surface area contributed by atoms with Crippen LogP contribution in [0.3, 0.4) is 0 Å².